The van der Waals surface area contributed by atoms with Crippen molar-refractivity contribution in [2.24, 2.45) is 11.8 Å². The van der Waals surface area contributed by atoms with Gasteiger partial charge in [-0.1, -0.05) is 17.7 Å². The van der Waals surface area contributed by atoms with Crippen LogP contribution in [0.25, 0.3) is 0 Å². The highest BCUT2D eigenvalue weighted by molar-refractivity contribution is 9.10. The third-order valence-electron chi connectivity index (χ3n) is 7.28. The Hall–Kier alpha value is -0.940. The van der Waals surface area contributed by atoms with Crippen LogP contribution in [0.15, 0.2) is 34.9 Å². The van der Waals surface area contributed by atoms with Crippen molar-refractivity contribution in [3.63, 3.8) is 0 Å². The normalized spacial score (nSPS) is 24.0. The van der Waals surface area contributed by atoms with Crippen LogP contribution in [0.3, 0.4) is 0 Å². The summed E-state index contributed by atoms with van der Waals surface area (Å²) in [7, 11) is 0. The second kappa shape index (κ2) is 8.66. The van der Waals surface area contributed by atoms with E-state index in [-0.39, 0.29) is 6.04 Å². The van der Waals surface area contributed by atoms with E-state index in [0.29, 0.717) is 0 Å². The van der Waals surface area contributed by atoms with E-state index < -0.39 is 0 Å². The van der Waals surface area contributed by atoms with Crippen molar-refractivity contribution in [3.8, 4) is 0 Å². The van der Waals surface area contributed by atoms with Crippen molar-refractivity contribution in [2.75, 3.05) is 26.2 Å². The van der Waals surface area contributed by atoms with E-state index in [4.69, 9.17) is 16.6 Å². The van der Waals surface area contributed by atoms with Crippen LogP contribution in [0.2, 0.25) is 5.02 Å². The molecule has 0 radical (unpaired) electrons. The average Bonchev–Trinajstić information content (AvgIpc) is 2.91. The number of aryl methyl sites for hydroxylation is 2. The Bertz CT molecular complexity index is 819. The lowest BCUT2D eigenvalue weighted by atomic mass is 9.78. The number of halogens is 2. The summed E-state index contributed by atoms with van der Waals surface area (Å²) < 4.78 is 1.07. The molecule has 0 bridgehead atoms. The van der Waals surface area contributed by atoms with Crippen LogP contribution in [0, 0.1) is 11.8 Å². The molecule has 1 aliphatic carbocycles. The highest BCUT2D eigenvalue weighted by atomic mass is 79.9. The third-order valence-corrected chi connectivity index (χ3v) is 7.95. The quantitative estimate of drug-likeness (QED) is 0.632. The van der Waals surface area contributed by atoms with Gasteiger partial charge in [-0.05, 0) is 127 Å². The molecule has 1 N–H and O–H groups in total. The number of hydrogen-bond donors (Lipinski definition) is 1. The largest absolute Gasteiger partial charge is 0.317 e. The molecular formula is C24H29BrClN3. The summed E-state index contributed by atoms with van der Waals surface area (Å²) in [5.74, 6) is 1.81. The number of nitrogens with zero attached hydrogens (tertiary/aromatic N) is 2. The zero-order valence-electron chi connectivity index (χ0n) is 16.8. The van der Waals surface area contributed by atoms with Gasteiger partial charge in [0.25, 0.3) is 0 Å². The minimum Gasteiger partial charge on any atom is -0.317 e. The molecular weight excluding hydrogens is 446 g/mol. The lowest BCUT2D eigenvalue weighted by Crippen LogP contribution is -2.41. The maximum atomic E-state index is 6.36. The SMILES string of the molecule is Clc1ccc2c(c1)CCc1cc(Br)cnc1C2N1CCC(C2CCNCC2)CC1. The summed E-state index contributed by atoms with van der Waals surface area (Å²) in [5.41, 5.74) is 5.41. The number of aromatic nitrogens is 1. The Morgan fingerprint density at radius 3 is 2.48 bits per heavy atom. The first-order chi connectivity index (χ1) is 14.2. The second-order valence-corrected chi connectivity index (χ2v) is 10.3. The molecule has 3 aliphatic rings. The van der Waals surface area contributed by atoms with Crippen molar-refractivity contribution < 1.29 is 0 Å². The zero-order valence-corrected chi connectivity index (χ0v) is 19.2. The summed E-state index contributed by atoms with van der Waals surface area (Å²) >= 11 is 9.99. The first kappa shape index (κ1) is 20.0. The number of fused-ring (bicyclic) bond motifs is 2. The maximum absolute atomic E-state index is 6.36. The van der Waals surface area contributed by atoms with Gasteiger partial charge in [-0.25, -0.2) is 0 Å². The summed E-state index contributed by atoms with van der Waals surface area (Å²) in [5, 5.41) is 4.36. The van der Waals surface area contributed by atoms with Gasteiger partial charge in [-0.15, -0.1) is 0 Å². The summed E-state index contributed by atoms with van der Waals surface area (Å²) in [6.07, 6.45) is 9.36. The monoisotopic (exact) mass is 473 g/mol. The Morgan fingerprint density at radius 1 is 0.966 bits per heavy atom. The van der Waals surface area contributed by atoms with Crippen LogP contribution in [-0.2, 0) is 12.8 Å². The smallest absolute Gasteiger partial charge is 0.0781 e. The summed E-state index contributed by atoms with van der Waals surface area (Å²) in [6, 6.07) is 9.00. The lowest BCUT2D eigenvalue weighted by molar-refractivity contribution is 0.108. The minimum absolute atomic E-state index is 0.252. The molecule has 0 amide bonds. The average molecular weight is 475 g/mol. The molecule has 154 valence electrons. The standard InChI is InChI=1S/C24H29BrClN3/c25-20-13-19-2-1-18-14-21(26)3-4-22(18)24(23(19)28-15-20)29-11-7-17(8-12-29)16-5-9-27-10-6-16/h3-4,13-17,24,27H,1-2,5-12H2. The van der Waals surface area contributed by atoms with Crippen LogP contribution < -0.4 is 5.32 Å². The van der Waals surface area contributed by atoms with E-state index in [1.807, 2.05) is 6.20 Å². The first-order valence-electron chi connectivity index (χ1n) is 11.1. The number of hydrogen-bond acceptors (Lipinski definition) is 3. The number of likely N-dealkylation sites (tertiary alicyclic amines) is 1. The van der Waals surface area contributed by atoms with Gasteiger partial charge in [0.1, 0.15) is 0 Å². The van der Waals surface area contributed by atoms with E-state index in [1.165, 1.54) is 74.2 Å². The van der Waals surface area contributed by atoms with E-state index in [2.05, 4.69) is 50.4 Å². The number of pyridine rings is 1. The van der Waals surface area contributed by atoms with Gasteiger partial charge in [-0.3, -0.25) is 9.88 Å². The Balaban J connectivity index is 1.44. The molecule has 1 atom stereocenters. The van der Waals surface area contributed by atoms with Gasteiger partial charge >= 0.3 is 0 Å². The van der Waals surface area contributed by atoms with Gasteiger partial charge in [0, 0.05) is 15.7 Å². The van der Waals surface area contributed by atoms with Gasteiger partial charge in [0.15, 0.2) is 0 Å². The van der Waals surface area contributed by atoms with E-state index in [1.54, 1.807) is 0 Å². The predicted octanol–water partition coefficient (Wildman–Crippen LogP) is 5.40. The van der Waals surface area contributed by atoms with Crippen molar-refractivity contribution >= 4 is 27.5 Å². The number of nitrogens with one attached hydrogen (secondary N) is 1. The summed E-state index contributed by atoms with van der Waals surface area (Å²) in [6.45, 7) is 4.73. The third kappa shape index (κ3) is 4.14. The van der Waals surface area contributed by atoms with Gasteiger partial charge in [0.05, 0.1) is 11.7 Å². The van der Waals surface area contributed by atoms with Crippen LogP contribution in [-0.4, -0.2) is 36.1 Å². The number of rotatable bonds is 2. The fourth-order valence-electron chi connectivity index (χ4n) is 5.75. The Labute approximate surface area is 187 Å². The van der Waals surface area contributed by atoms with Crippen molar-refractivity contribution in [1.82, 2.24) is 15.2 Å². The van der Waals surface area contributed by atoms with Gasteiger partial charge < -0.3 is 5.32 Å². The molecule has 3 nitrogen and oxygen atoms in total. The molecule has 2 aromatic rings. The highest BCUT2D eigenvalue weighted by Crippen LogP contribution is 2.40. The molecule has 1 aromatic carbocycles. The number of benzene rings is 1. The second-order valence-electron chi connectivity index (χ2n) is 8.90. The van der Waals surface area contributed by atoms with Crippen molar-refractivity contribution in [1.29, 1.82) is 0 Å². The molecule has 0 saturated carbocycles. The predicted molar refractivity (Wildman–Crippen MR) is 123 cm³/mol. The minimum atomic E-state index is 0.252. The molecule has 0 spiro atoms. The molecule has 1 unspecified atom stereocenters. The highest BCUT2D eigenvalue weighted by Gasteiger charge is 2.34. The van der Waals surface area contributed by atoms with Gasteiger partial charge in [0.2, 0.25) is 0 Å². The van der Waals surface area contributed by atoms with Gasteiger partial charge in [-0.2, -0.15) is 0 Å². The topological polar surface area (TPSA) is 28.2 Å². The fraction of sp³-hybridized carbons (Fsp3) is 0.542. The lowest BCUT2D eigenvalue weighted by Gasteiger charge is -2.41. The fourth-order valence-corrected chi connectivity index (χ4v) is 6.32. The van der Waals surface area contributed by atoms with Crippen LogP contribution in [0.1, 0.15) is 54.1 Å². The molecule has 2 saturated heterocycles. The molecule has 29 heavy (non-hydrogen) atoms. The molecule has 5 rings (SSSR count). The van der Waals surface area contributed by atoms with Crippen LogP contribution in [0.5, 0.6) is 0 Å². The van der Waals surface area contributed by atoms with Crippen LogP contribution in [0.4, 0.5) is 0 Å². The summed E-state index contributed by atoms with van der Waals surface area (Å²) in [4.78, 5) is 7.63. The molecule has 2 aliphatic heterocycles. The van der Waals surface area contributed by atoms with Crippen molar-refractivity contribution in [3.05, 3.63) is 62.3 Å². The Kier molecular flexibility index (Phi) is 5.97. The van der Waals surface area contributed by atoms with E-state index >= 15 is 0 Å². The first-order valence-corrected chi connectivity index (χ1v) is 12.2. The molecule has 5 heteroatoms. The Morgan fingerprint density at radius 2 is 1.69 bits per heavy atom. The van der Waals surface area contributed by atoms with E-state index in [0.717, 1.165) is 34.2 Å². The van der Waals surface area contributed by atoms with Crippen LogP contribution >= 0.6 is 27.5 Å². The number of piperidine rings is 2. The molecule has 2 fully saturated rings. The molecule has 3 heterocycles. The van der Waals surface area contributed by atoms with Crippen molar-refractivity contribution in [2.45, 2.75) is 44.6 Å². The zero-order chi connectivity index (χ0) is 19.8. The van der Waals surface area contributed by atoms with E-state index in [9.17, 15) is 0 Å². The molecule has 1 aromatic heterocycles. The maximum Gasteiger partial charge on any atom is 0.0781 e.